The molecule has 8 heteroatoms. The summed E-state index contributed by atoms with van der Waals surface area (Å²) in [4.78, 5) is 10.3. The van der Waals surface area contributed by atoms with Crippen LogP contribution >= 0.6 is 0 Å². The number of amides is 1. The molecule has 23 heavy (non-hydrogen) atoms. The van der Waals surface area contributed by atoms with Crippen LogP contribution in [0.2, 0.25) is 0 Å². The minimum Gasteiger partial charge on any atom is -0.399 e. The van der Waals surface area contributed by atoms with E-state index in [1.54, 1.807) is 0 Å². The van der Waals surface area contributed by atoms with Crippen LogP contribution in [0.5, 0.6) is 0 Å². The highest BCUT2D eigenvalue weighted by Crippen LogP contribution is 2.37. The highest BCUT2D eigenvalue weighted by atomic mass is 19.4. The molecule has 1 heterocycles. The molecule has 1 amide bonds. The number of hydrogen-bond acceptors (Lipinski definition) is 3. The lowest BCUT2D eigenvalue weighted by molar-refractivity contribution is -0.138. The Morgan fingerprint density at radius 2 is 1.74 bits per heavy atom. The lowest BCUT2D eigenvalue weighted by Gasteiger charge is -2.32. The zero-order chi connectivity index (χ0) is 17.5. The Bertz CT molecular complexity index is 586. The molecule has 1 aromatic rings. The Labute approximate surface area is 133 Å². The second-order valence-electron chi connectivity index (χ2n) is 6.50. The van der Waals surface area contributed by atoms with Crippen molar-refractivity contribution in [2.45, 2.75) is 51.6 Å². The molecule has 1 aromatic carbocycles. The second kappa shape index (κ2) is 5.83. The summed E-state index contributed by atoms with van der Waals surface area (Å²) < 4.78 is 51.3. The molecule has 1 fully saturated rings. The molecule has 0 unspecified atom stereocenters. The summed E-state index contributed by atoms with van der Waals surface area (Å²) in [6.07, 6.45) is -4.16. The lowest BCUT2D eigenvalue weighted by Crippen LogP contribution is -2.41. The molecule has 1 aliphatic rings. The van der Waals surface area contributed by atoms with Gasteiger partial charge in [0, 0.05) is 6.54 Å². The van der Waals surface area contributed by atoms with E-state index >= 15 is 0 Å². The monoisotopic (exact) mass is 329 g/mol. The number of nitrogens with one attached hydrogen (secondary N) is 1. The molecule has 0 radical (unpaired) electrons. The Kier molecular flexibility index (Phi) is 4.52. The van der Waals surface area contributed by atoms with Crippen LogP contribution in [0, 0.1) is 0 Å². The van der Waals surface area contributed by atoms with E-state index in [9.17, 15) is 18.0 Å². The number of hydrogen-bond donors (Lipinski definition) is 1. The number of rotatable bonds is 4. The average Bonchev–Trinajstić information content (AvgIpc) is 2.64. The Morgan fingerprint density at radius 3 is 2.22 bits per heavy atom. The highest BCUT2D eigenvalue weighted by Gasteiger charge is 2.52. The molecule has 0 bridgehead atoms. The summed E-state index contributed by atoms with van der Waals surface area (Å²) in [5.74, 6) is 0. The van der Waals surface area contributed by atoms with Gasteiger partial charge in [0.2, 0.25) is 6.41 Å². The normalized spacial score (nSPS) is 19.7. The molecule has 4 nitrogen and oxygen atoms in total. The first-order valence-electron chi connectivity index (χ1n) is 7.20. The fourth-order valence-electron chi connectivity index (χ4n) is 2.29. The van der Waals surface area contributed by atoms with Crippen LogP contribution < -0.4 is 10.8 Å². The molecule has 0 saturated carbocycles. The summed E-state index contributed by atoms with van der Waals surface area (Å²) in [6, 6.07) is 3.88. The van der Waals surface area contributed by atoms with Gasteiger partial charge in [0.05, 0.1) is 16.8 Å². The first-order valence-corrected chi connectivity index (χ1v) is 7.20. The van der Waals surface area contributed by atoms with Crippen molar-refractivity contribution < 1.29 is 27.3 Å². The van der Waals surface area contributed by atoms with Gasteiger partial charge < -0.3 is 14.6 Å². The van der Waals surface area contributed by atoms with Crippen molar-refractivity contribution >= 4 is 19.0 Å². The van der Waals surface area contributed by atoms with Gasteiger partial charge in [-0.15, -0.1) is 0 Å². The molecular weight excluding hydrogens is 310 g/mol. The van der Waals surface area contributed by atoms with Crippen LogP contribution in [0.4, 0.5) is 13.2 Å². The maximum atomic E-state index is 13.2. The van der Waals surface area contributed by atoms with E-state index < -0.39 is 30.1 Å². The fraction of sp³-hybridized carbons (Fsp3) is 0.533. The summed E-state index contributed by atoms with van der Waals surface area (Å²) in [5.41, 5.74) is -1.78. The predicted octanol–water partition coefficient (Wildman–Crippen LogP) is 2.25. The smallest absolute Gasteiger partial charge is 0.399 e. The fourth-order valence-corrected chi connectivity index (χ4v) is 2.29. The van der Waals surface area contributed by atoms with Gasteiger partial charge in [0.15, 0.2) is 0 Å². The first-order chi connectivity index (χ1) is 10.5. The van der Waals surface area contributed by atoms with E-state index in [2.05, 4.69) is 5.32 Å². The summed E-state index contributed by atoms with van der Waals surface area (Å²) in [7, 11) is -0.866. The number of benzene rings is 1. The molecule has 0 aromatic heterocycles. The summed E-state index contributed by atoms with van der Waals surface area (Å²) in [5, 5.41) is 2.25. The number of alkyl halides is 3. The standard InChI is InChI=1S/C15H19BF3NO3/c1-13(2)14(3,4)23-16(22-13)11-6-5-10(8-20-9-21)12(7-11)15(17,18)19/h5-7,9H,8H2,1-4H3,(H,20,21). The molecule has 1 N–H and O–H groups in total. The number of carbonyl (C=O) groups excluding carboxylic acids is 1. The van der Waals surface area contributed by atoms with Crippen molar-refractivity contribution in [3.05, 3.63) is 29.3 Å². The van der Waals surface area contributed by atoms with Crippen molar-refractivity contribution in [2.24, 2.45) is 0 Å². The lowest BCUT2D eigenvalue weighted by atomic mass is 9.77. The molecular formula is C15H19BF3NO3. The van der Waals surface area contributed by atoms with Gasteiger partial charge in [-0.2, -0.15) is 13.2 Å². The van der Waals surface area contributed by atoms with Crippen LogP contribution in [0.25, 0.3) is 0 Å². The third kappa shape index (κ3) is 3.53. The number of carbonyl (C=O) groups is 1. The van der Waals surface area contributed by atoms with Crippen molar-refractivity contribution in [3.63, 3.8) is 0 Å². The van der Waals surface area contributed by atoms with Gasteiger partial charge in [-0.1, -0.05) is 12.1 Å². The van der Waals surface area contributed by atoms with Crippen LogP contribution in [-0.4, -0.2) is 24.7 Å². The maximum absolute atomic E-state index is 13.2. The van der Waals surface area contributed by atoms with Gasteiger partial charge in [0.1, 0.15) is 0 Å². The highest BCUT2D eigenvalue weighted by molar-refractivity contribution is 6.62. The Balaban J connectivity index is 2.37. The Hall–Kier alpha value is -1.54. The van der Waals surface area contributed by atoms with Crippen LogP contribution in [-0.2, 0) is 26.8 Å². The first kappa shape index (κ1) is 17.8. The third-order valence-corrected chi connectivity index (χ3v) is 4.34. The quantitative estimate of drug-likeness (QED) is 0.681. The molecule has 1 saturated heterocycles. The molecule has 1 aliphatic heterocycles. The van der Waals surface area contributed by atoms with E-state index in [1.165, 1.54) is 12.1 Å². The van der Waals surface area contributed by atoms with Crippen LogP contribution in [0.3, 0.4) is 0 Å². The van der Waals surface area contributed by atoms with Gasteiger partial charge in [-0.25, -0.2) is 0 Å². The van der Waals surface area contributed by atoms with E-state index in [1.807, 2.05) is 27.7 Å². The number of halogens is 3. The summed E-state index contributed by atoms with van der Waals surface area (Å²) >= 11 is 0. The third-order valence-electron chi connectivity index (χ3n) is 4.34. The molecule has 0 spiro atoms. The van der Waals surface area contributed by atoms with E-state index in [-0.39, 0.29) is 12.1 Å². The van der Waals surface area contributed by atoms with Crippen LogP contribution in [0.15, 0.2) is 18.2 Å². The zero-order valence-electron chi connectivity index (χ0n) is 13.5. The molecule has 0 aliphatic carbocycles. The van der Waals surface area contributed by atoms with Gasteiger partial charge >= 0.3 is 13.3 Å². The largest absolute Gasteiger partial charge is 0.494 e. The SMILES string of the molecule is CC1(C)OB(c2ccc(CNC=O)c(C(F)(F)F)c2)OC1(C)C. The molecule has 126 valence electrons. The molecule has 2 rings (SSSR count). The Morgan fingerprint density at radius 1 is 1.17 bits per heavy atom. The van der Waals surface area contributed by atoms with Gasteiger partial charge in [0.25, 0.3) is 0 Å². The van der Waals surface area contributed by atoms with Crippen molar-refractivity contribution in [1.82, 2.24) is 5.32 Å². The zero-order valence-corrected chi connectivity index (χ0v) is 13.5. The van der Waals surface area contributed by atoms with Crippen molar-refractivity contribution in [2.75, 3.05) is 0 Å². The molecule has 0 atom stereocenters. The topological polar surface area (TPSA) is 47.6 Å². The van der Waals surface area contributed by atoms with E-state index in [0.717, 1.165) is 6.07 Å². The van der Waals surface area contributed by atoms with Crippen molar-refractivity contribution in [3.8, 4) is 0 Å². The minimum absolute atomic E-state index is 0.00938. The van der Waals surface area contributed by atoms with E-state index in [4.69, 9.17) is 9.31 Å². The average molecular weight is 329 g/mol. The van der Waals surface area contributed by atoms with Crippen molar-refractivity contribution in [1.29, 1.82) is 0 Å². The van der Waals surface area contributed by atoms with E-state index in [0.29, 0.717) is 11.9 Å². The van der Waals surface area contributed by atoms with Crippen LogP contribution in [0.1, 0.15) is 38.8 Å². The second-order valence-corrected chi connectivity index (χ2v) is 6.50. The van der Waals surface area contributed by atoms with Gasteiger partial charge in [-0.3, -0.25) is 4.79 Å². The summed E-state index contributed by atoms with van der Waals surface area (Å²) in [6.45, 7) is 7.14. The minimum atomic E-state index is -4.53. The predicted molar refractivity (Wildman–Crippen MR) is 80.1 cm³/mol. The van der Waals surface area contributed by atoms with Gasteiger partial charge in [-0.05, 0) is 44.8 Å². The maximum Gasteiger partial charge on any atom is 0.494 e.